The zero-order valence-electron chi connectivity index (χ0n) is 12.0. The van der Waals surface area contributed by atoms with E-state index in [1.165, 1.54) is 16.7 Å². The Morgan fingerprint density at radius 3 is 1.57 bits per heavy atom. The molecule has 3 rings (SSSR count). The van der Waals surface area contributed by atoms with Crippen LogP contribution in [0.15, 0.2) is 78.9 Å². The molecule has 0 atom stereocenters. The summed E-state index contributed by atoms with van der Waals surface area (Å²) in [6.45, 7) is 2.08. The van der Waals surface area contributed by atoms with Crippen LogP contribution in [0.25, 0.3) is 11.1 Å². The van der Waals surface area contributed by atoms with Gasteiger partial charge in [-0.3, -0.25) is 0 Å². The zero-order chi connectivity index (χ0) is 14.5. The first-order valence-electron chi connectivity index (χ1n) is 7.05. The van der Waals surface area contributed by atoms with Crippen molar-refractivity contribution in [2.24, 2.45) is 0 Å². The van der Waals surface area contributed by atoms with E-state index in [0.717, 1.165) is 11.1 Å². The molecule has 0 N–H and O–H groups in total. The molecule has 0 amide bonds. The van der Waals surface area contributed by atoms with Crippen LogP contribution >= 0.6 is 0 Å². The second kappa shape index (κ2) is 6.11. The molecule has 0 heteroatoms. The minimum atomic E-state index is 1.04. The lowest BCUT2D eigenvalue weighted by atomic mass is 10.0. The van der Waals surface area contributed by atoms with Crippen LogP contribution in [0, 0.1) is 18.8 Å². The van der Waals surface area contributed by atoms with Crippen molar-refractivity contribution < 1.29 is 0 Å². The van der Waals surface area contributed by atoms with E-state index in [2.05, 4.69) is 91.6 Å². The van der Waals surface area contributed by atoms with Gasteiger partial charge in [0.1, 0.15) is 0 Å². The van der Waals surface area contributed by atoms with Crippen molar-refractivity contribution in [2.45, 2.75) is 6.92 Å². The van der Waals surface area contributed by atoms with Crippen molar-refractivity contribution in [3.05, 3.63) is 95.6 Å². The fourth-order valence-electron chi connectivity index (χ4n) is 2.16. The van der Waals surface area contributed by atoms with Crippen LogP contribution in [0.3, 0.4) is 0 Å². The van der Waals surface area contributed by atoms with Crippen LogP contribution in [-0.4, -0.2) is 0 Å². The van der Waals surface area contributed by atoms with E-state index in [1.807, 2.05) is 6.07 Å². The Morgan fingerprint density at radius 2 is 1.00 bits per heavy atom. The van der Waals surface area contributed by atoms with Crippen molar-refractivity contribution in [2.75, 3.05) is 0 Å². The molecule has 0 unspecified atom stereocenters. The van der Waals surface area contributed by atoms with Gasteiger partial charge in [-0.15, -0.1) is 0 Å². The Hall–Kier alpha value is -2.78. The molecular formula is C21H16. The van der Waals surface area contributed by atoms with Crippen LogP contribution in [-0.2, 0) is 0 Å². The summed E-state index contributed by atoms with van der Waals surface area (Å²) in [7, 11) is 0. The number of aryl methyl sites for hydroxylation is 1. The third-order valence-electron chi connectivity index (χ3n) is 3.39. The summed E-state index contributed by atoms with van der Waals surface area (Å²) in [6, 6.07) is 27.0. The van der Waals surface area contributed by atoms with Crippen molar-refractivity contribution in [1.29, 1.82) is 0 Å². The summed E-state index contributed by atoms with van der Waals surface area (Å²) in [5.74, 6) is 6.41. The summed E-state index contributed by atoms with van der Waals surface area (Å²) >= 11 is 0. The van der Waals surface area contributed by atoms with Gasteiger partial charge >= 0.3 is 0 Å². The first-order chi connectivity index (χ1) is 10.3. The zero-order valence-corrected chi connectivity index (χ0v) is 12.0. The second-order valence-electron chi connectivity index (χ2n) is 5.06. The van der Waals surface area contributed by atoms with Crippen LogP contribution in [0.2, 0.25) is 0 Å². The molecule has 0 aliphatic rings. The highest BCUT2D eigenvalue weighted by molar-refractivity contribution is 5.64. The van der Waals surface area contributed by atoms with E-state index in [4.69, 9.17) is 0 Å². The molecule has 3 aromatic rings. The van der Waals surface area contributed by atoms with E-state index >= 15 is 0 Å². The second-order valence-corrected chi connectivity index (χ2v) is 5.06. The number of benzene rings is 3. The predicted octanol–water partition coefficient (Wildman–Crippen LogP) is 5.06. The predicted molar refractivity (Wildman–Crippen MR) is 89.0 cm³/mol. The number of rotatable bonds is 1. The van der Waals surface area contributed by atoms with Gasteiger partial charge in [0.25, 0.3) is 0 Å². The Bertz CT molecular complexity index is 767. The molecule has 0 spiro atoms. The van der Waals surface area contributed by atoms with Crippen molar-refractivity contribution in [3.63, 3.8) is 0 Å². The van der Waals surface area contributed by atoms with Gasteiger partial charge in [-0.1, -0.05) is 72.0 Å². The molecule has 0 saturated heterocycles. The summed E-state index contributed by atoms with van der Waals surface area (Å²) < 4.78 is 0. The standard InChI is InChI=1S/C21H16/c1-17-7-9-18(10-8-17)11-12-19-13-15-21(16-14-19)20-5-3-2-4-6-20/h2-10,13-16H,1H3. The summed E-state index contributed by atoms with van der Waals surface area (Å²) in [6.07, 6.45) is 0. The van der Waals surface area contributed by atoms with Crippen LogP contribution in [0.5, 0.6) is 0 Å². The summed E-state index contributed by atoms with van der Waals surface area (Å²) in [4.78, 5) is 0. The van der Waals surface area contributed by atoms with Gasteiger partial charge in [0.05, 0.1) is 0 Å². The number of hydrogen-bond acceptors (Lipinski definition) is 0. The first-order valence-corrected chi connectivity index (χ1v) is 7.05. The normalized spacial score (nSPS) is 9.76. The Kier molecular flexibility index (Phi) is 3.85. The molecule has 0 nitrogen and oxygen atoms in total. The summed E-state index contributed by atoms with van der Waals surface area (Å²) in [5, 5.41) is 0. The van der Waals surface area contributed by atoms with Crippen molar-refractivity contribution >= 4 is 0 Å². The Balaban J connectivity index is 1.81. The largest absolute Gasteiger partial charge is 0.0622 e. The molecular weight excluding hydrogens is 252 g/mol. The maximum absolute atomic E-state index is 3.21. The molecule has 21 heavy (non-hydrogen) atoms. The van der Waals surface area contributed by atoms with Gasteiger partial charge in [0.2, 0.25) is 0 Å². The van der Waals surface area contributed by atoms with Crippen LogP contribution < -0.4 is 0 Å². The highest BCUT2D eigenvalue weighted by Crippen LogP contribution is 2.18. The van der Waals surface area contributed by atoms with Gasteiger partial charge in [0.15, 0.2) is 0 Å². The molecule has 0 radical (unpaired) electrons. The minimum Gasteiger partial charge on any atom is -0.0622 e. The fourth-order valence-corrected chi connectivity index (χ4v) is 2.16. The van der Waals surface area contributed by atoms with E-state index in [9.17, 15) is 0 Å². The van der Waals surface area contributed by atoms with Crippen LogP contribution in [0.4, 0.5) is 0 Å². The van der Waals surface area contributed by atoms with Gasteiger partial charge in [-0.25, -0.2) is 0 Å². The van der Waals surface area contributed by atoms with Gasteiger partial charge < -0.3 is 0 Å². The van der Waals surface area contributed by atoms with E-state index in [0.29, 0.717) is 0 Å². The molecule has 0 fully saturated rings. The molecule has 0 aliphatic carbocycles. The minimum absolute atomic E-state index is 1.04. The topological polar surface area (TPSA) is 0 Å². The molecule has 0 heterocycles. The highest BCUT2D eigenvalue weighted by Gasteiger charge is 1.95. The van der Waals surface area contributed by atoms with Gasteiger partial charge in [0, 0.05) is 11.1 Å². The monoisotopic (exact) mass is 268 g/mol. The van der Waals surface area contributed by atoms with Gasteiger partial charge in [-0.2, -0.15) is 0 Å². The molecule has 3 aromatic carbocycles. The maximum Gasteiger partial charge on any atom is 0.0249 e. The average Bonchev–Trinajstić information content (AvgIpc) is 2.56. The number of hydrogen-bond donors (Lipinski definition) is 0. The molecule has 0 saturated carbocycles. The van der Waals surface area contributed by atoms with Crippen LogP contribution in [0.1, 0.15) is 16.7 Å². The Morgan fingerprint density at radius 1 is 0.524 bits per heavy atom. The Labute approximate surface area is 126 Å². The lowest BCUT2D eigenvalue weighted by molar-refractivity contribution is 1.46. The molecule has 0 bridgehead atoms. The highest BCUT2D eigenvalue weighted by atomic mass is 14.0. The molecule has 100 valence electrons. The molecule has 0 aliphatic heterocycles. The van der Waals surface area contributed by atoms with Crippen molar-refractivity contribution in [1.82, 2.24) is 0 Å². The summed E-state index contributed by atoms with van der Waals surface area (Å²) in [5.41, 5.74) is 5.79. The van der Waals surface area contributed by atoms with Gasteiger partial charge in [-0.05, 0) is 42.3 Å². The lowest BCUT2D eigenvalue weighted by Crippen LogP contribution is -1.79. The third kappa shape index (κ3) is 3.41. The van der Waals surface area contributed by atoms with E-state index < -0.39 is 0 Å². The van der Waals surface area contributed by atoms with E-state index in [1.54, 1.807) is 0 Å². The average molecular weight is 268 g/mol. The van der Waals surface area contributed by atoms with Crippen molar-refractivity contribution in [3.8, 4) is 23.0 Å². The smallest absolute Gasteiger partial charge is 0.0249 e. The lowest BCUT2D eigenvalue weighted by Gasteiger charge is -2.00. The maximum atomic E-state index is 3.21. The molecule has 0 aromatic heterocycles. The SMILES string of the molecule is Cc1ccc(C#Cc2ccc(-c3ccccc3)cc2)cc1. The fraction of sp³-hybridized carbons (Fsp3) is 0.0476. The third-order valence-corrected chi connectivity index (χ3v) is 3.39. The quantitative estimate of drug-likeness (QED) is 0.541. The van der Waals surface area contributed by atoms with E-state index in [-0.39, 0.29) is 0 Å². The first kappa shape index (κ1) is 13.2.